The molecule has 92 valence electrons. The SMILES string of the molecule is CC(=O)ON(C)[C@@H](Cc1ccccc1)C(=O)O. The molecule has 0 fully saturated rings. The van der Waals surface area contributed by atoms with Crippen molar-refractivity contribution < 1.29 is 19.5 Å². The van der Waals surface area contributed by atoms with Gasteiger partial charge in [0, 0.05) is 20.4 Å². The molecule has 5 nitrogen and oxygen atoms in total. The number of hydrogen-bond acceptors (Lipinski definition) is 4. The Labute approximate surface area is 99.6 Å². The average molecular weight is 237 g/mol. The number of nitrogens with zero attached hydrogens (tertiary/aromatic N) is 1. The molecule has 0 aliphatic heterocycles. The Morgan fingerprint density at radius 1 is 1.35 bits per heavy atom. The highest BCUT2D eigenvalue weighted by atomic mass is 16.7. The minimum absolute atomic E-state index is 0.278. The molecule has 0 unspecified atom stereocenters. The number of carboxylic acid groups (broad SMARTS) is 1. The first kappa shape index (κ1) is 13.2. The molecule has 0 amide bonds. The number of aliphatic carboxylic acids is 1. The number of carbonyl (C=O) groups excluding carboxylic acids is 1. The van der Waals surface area contributed by atoms with Crippen LogP contribution in [0.1, 0.15) is 12.5 Å². The molecule has 1 N–H and O–H groups in total. The van der Waals surface area contributed by atoms with Gasteiger partial charge >= 0.3 is 11.9 Å². The Kier molecular flexibility index (Phi) is 4.66. The Morgan fingerprint density at radius 2 is 1.94 bits per heavy atom. The van der Waals surface area contributed by atoms with Crippen molar-refractivity contribution in [2.75, 3.05) is 7.05 Å². The second-order valence-corrected chi connectivity index (χ2v) is 3.67. The summed E-state index contributed by atoms with van der Waals surface area (Å²) >= 11 is 0. The lowest BCUT2D eigenvalue weighted by molar-refractivity contribution is -0.196. The molecule has 0 heterocycles. The summed E-state index contributed by atoms with van der Waals surface area (Å²) in [5.74, 6) is -1.57. The fraction of sp³-hybridized carbons (Fsp3) is 0.333. The monoisotopic (exact) mass is 237 g/mol. The second kappa shape index (κ2) is 6.00. The summed E-state index contributed by atoms with van der Waals surface area (Å²) in [6.07, 6.45) is 0.278. The molecule has 0 aliphatic carbocycles. The number of benzene rings is 1. The van der Waals surface area contributed by atoms with E-state index in [0.29, 0.717) is 0 Å². The zero-order chi connectivity index (χ0) is 12.8. The molecule has 0 radical (unpaired) electrons. The zero-order valence-corrected chi connectivity index (χ0v) is 9.79. The van der Waals surface area contributed by atoms with Crippen molar-refractivity contribution in [3.05, 3.63) is 35.9 Å². The van der Waals surface area contributed by atoms with Gasteiger partial charge in [-0.15, -0.1) is 5.06 Å². The molecule has 1 aromatic carbocycles. The van der Waals surface area contributed by atoms with Crippen LogP contribution in [0.15, 0.2) is 30.3 Å². The minimum Gasteiger partial charge on any atom is -0.480 e. The van der Waals surface area contributed by atoms with Gasteiger partial charge in [0.15, 0.2) is 0 Å². The first-order valence-electron chi connectivity index (χ1n) is 5.19. The minimum atomic E-state index is -1.03. The van der Waals surface area contributed by atoms with Crippen LogP contribution in [0.5, 0.6) is 0 Å². The molecular weight excluding hydrogens is 222 g/mol. The first-order valence-corrected chi connectivity index (χ1v) is 5.19. The van der Waals surface area contributed by atoms with E-state index in [-0.39, 0.29) is 6.42 Å². The summed E-state index contributed by atoms with van der Waals surface area (Å²) in [6.45, 7) is 1.23. The van der Waals surface area contributed by atoms with Gasteiger partial charge in [0.05, 0.1) is 0 Å². The highest BCUT2D eigenvalue weighted by Crippen LogP contribution is 2.08. The van der Waals surface area contributed by atoms with Gasteiger partial charge in [-0.2, -0.15) is 0 Å². The Morgan fingerprint density at radius 3 is 2.41 bits per heavy atom. The number of hydrogen-bond donors (Lipinski definition) is 1. The lowest BCUT2D eigenvalue weighted by atomic mass is 10.1. The van der Waals surface area contributed by atoms with E-state index in [1.807, 2.05) is 30.3 Å². The van der Waals surface area contributed by atoms with Crippen molar-refractivity contribution in [1.29, 1.82) is 0 Å². The van der Waals surface area contributed by atoms with Gasteiger partial charge in [0.25, 0.3) is 0 Å². The van der Waals surface area contributed by atoms with Crippen LogP contribution in [0.3, 0.4) is 0 Å². The maximum absolute atomic E-state index is 11.1. The number of carbonyl (C=O) groups is 2. The number of hydroxylamine groups is 2. The van der Waals surface area contributed by atoms with Crippen LogP contribution in [0, 0.1) is 0 Å². The van der Waals surface area contributed by atoms with Crippen molar-refractivity contribution in [3.8, 4) is 0 Å². The van der Waals surface area contributed by atoms with Crippen LogP contribution in [0.25, 0.3) is 0 Å². The molecule has 1 rings (SSSR count). The van der Waals surface area contributed by atoms with E-state index in [1.165, 1.54) is 14.0 Å². The fourth-order valence-electron chi connectivity index (χ4n) is 1.48. The lowest BCUT2D eigenvalue weighted by Crippen LogP contribution is -2.41. The molecule has 17 heavy (non-hydrogen) atoms. The van der Waals surface area contributed by atoms with Gasteiger partial charge < -0.3 is 9.94 Å². The molecule has 1 aromatic rings. The third kappa shape index (κ3) is 4.24. The van der Waals surface area contributed by atoms with Crippen LogP contribution in [-0.2, 0) is 20.8 Å². The Hall–Kier alpha value is -1.88. The summed E-state index contributed by atoms with van der Waals surface area (Å²) in [6, 6.07) is 8.30. The van der Waals surface area contributed by atoms with Crippen LogP contribution >= 0.6 is 0 Å². The van der Waals surface area contributed by atoms with E-state index in [1.54, 1.807) is 0 Å². The Balaban J connectivity index is 2.73. The number of carboxylic acids is 1. The van der Waals surface area contributed by atoms with Crippen molar-refractivity contribution in [2.45, 2.75) is 19.4 Å². The average Bonchev–Trinajstić information content (AvgIpc) is 2.25. The summed E-state index contributed by atoms with van der Waals surface area (Å²) in [5, 5.41) is 10.2. The number of rotatable bonds is 5. The summed E-state index contributed by atoms with van der Waals surface area (Å²) in [4.78, 5) is 26.6. The maximum atomic E-state index is 11.1. The van der Waals surface area contributed by atoms with E-state index in [2.05, 4.69) is 0 Å². The van der Waals surface area contributed by atoms with Crippen molar-refractivity contribution in [2.24, 2.45) is 0 Å². The van der Waals surface area contributed by atoms with Gasteiger partial charge in [-0.25, -0.2) is 0 Å². The molecule has 0 spiro atoms. The van der Waals surface area contributed by atoms with Crippen LogP contribution in [0.4, 0.5) is 0 Å². The summed E-state index contributed by atoms with van der Waals surface area (Å²) in [7, 11) is 1.43. The molecule has 5 heteroatoms. The molecule has 0 aliphatic rings. The summed E-state index contributed by atoms with van der Waals surface area (Å²) in [5.41, 5.74) is 0.874. The largest absolute Gasteiger partial charge is 0.480 e. The smallest absolute Gasteiger partial charge is 0.324 e. The molecule has 0 bridgehead atoms. The van der Waals surface area contributed by atoms with Crippen LogP contribution in [0.2, 0.25) is 0 Å². The predicted molar refractivity (Wildman–Crippen MR) is 61.1 cm³/mol. The molecule has 0 aromatic heterocycles. The first-order chi connectivity index (χ1) is 8.00. The van der Waals surface area contributed by atoms with Gasteiger partial charge in [0.1, 0.15) is 6.04 Å². The molecule has 0 saturated carbocycles. The van der Waals surface area contributed by atoms with Gasteiger partial charge in [-0.05, 0) is 5.56 Å². The van der Waals surface area contributed by atoms with Crippen molar-refractivity contribution >= 4 is 11.9 Å². The Bertz CT molecular complexity index is 391. The van der Waals surface area contributed by atoms with E-state index in [4.69, 9.17) is 9.94 Å². The van der Waals surface area contributed by atoms with E-state index >= 15 is 0 Å². The highest BCUT2D eigenvalue weighted by Gasteiger charge is 2.25. The van der Waals surface area contributed by atoms with Crippen molar-refractivity contribution in [3.63, 3.8) is 0 Å². The maximum Gasteiger partial charge on any atom is 0.324 e. The standard InChI is InChI=1S/C12H15NO4/c1-9(14)17-13(2)11(12(15)16)8-10-6-4-3-5-7-10/h3-7,11H,8H2,1-2H3,(H,15,16)/t11-/m0/s1. The zero-order valence-electron chi connectivity index (χ0n) is 9.79. The van der Waals surface area contributed by atoms with Crippen molar-refractivity contribution in [1.82, 2.24) is 5.06 Å². The lowest BCUT2D eigenvalue weighted by Gasteiger charge is -2.22. The third-order valence-electron chi connectivity index (χ3n) is 2.27. The van der Waals surface area contributed by atoms with Crippen LogP contribution in [-0.4, -0.2) is 35.2 Å². The molecule has 0 saturated heterocycles. The second-order valence-electron chi connectivity index (χ2n) is 3.67. The fourth-order valence-corrected chi connectivity index (χ4v) is 1.48. The predicted octanol–water partition coefficient (Wildman–Crippen LogP) is 1.09. The normalized spacial score (nSPS) is 12.2. The van der Waals surface area contributed by atoms with Gasteiger partial charge in [-0.3, -0.25) is 9.59 Å². The quantitative estimate of drug-likeness (QED) is 0.776. The number of likely N-dealkylation sites (N-methyl/N-ethyl adjacent to an activating group) is 1. The van der Waals surface area contributed by atoms with Crippen LogP contribution < -0.4 is 0 Å². The third-order valence-corrected chi connectivity index (χ3v) is 2.27. The van der Waals surface area contributed by atoms with Gasteiger partial charge in [0.2, 0.25) is 0 Å². The molecular formula is C12H15NO4. The highest BCUT2D eigenvalue weighted by molar-refractivity contribution is 5.74. The van der Waals surface area contributed by atoms with E-state index in [9.17, 15) is 9.59 Å². The van der Waals surface area contributed by atoms with E-state index in [0.717, 1.165) is 10.6 Å². The summed E-state index contributed by atoms with van der Waals surface area (Å²) < 4.78 is 0. The van der Waals surface area contributed by atoms with E-state index < -0.39 is 18.0 Å². The molecule has 1 atom stereocenters. The van der Waals surface area contributed by atoms with Gasteiger partial charge in [-0.1, -0.05) is 30.3 Å². The topological polar surface area (TPSA) is 66.8 Å².